The Balaban J connectivity index is 2.83. The van der Waals surface area contributed by atoms with Crippen LogP contribution in [0, 0.1) is 0 Å². The third kappa shape index (κ3) is 5.20. The summed E-state index contributed by atoms with van der Waals surface area (Å²) < 4.78 is 25.6. The third-order valence-corrected chi connectivity index (χ3v) is 8.27. The molecule has 1 rings (SSSR count). The van der Waals surface area contributed by atoms with E-state index in [2.05, 4.69) is 32.2 Å². The van der Waals surface area contributed by atoms with Crippen LogP contribution in [0.2, 0.25) is 18.6 Å². The Morgan fingerprint density at radius 3 is 2.30 bits per heavy atom. The van der Waals surface area contributed by atoms with E-state index in [0.29, 0.717) is 0 Å². The smallest absolute Gasteiger partial charge is 0.174 e. The van der Waals surface area contributed by atoms with Crippen molar-refractivity contribution in [3.8, 4) is 0 Å². The number of unbranched alkanes of at least 4 members (excludes halogenated alkanes) is 3. The molecule has 0 bridgehead atoms. The van der Waals surface area contributed by atoms with Gasteiger partial charge in [-0.3, -0.25) is 0 Å². The fourth-order valence-corrected chi connectivity index (χ4v) is 5.63. The minimum Gasteiger partial charge on any atom is -0.174 e. The first-order chi connectivity index (χ1) is 9.48. The maximum absolute atomic E-state index is 12.8. The zero-order chi connectivity index (χ0) is 15.0. The van der Waals surface area contributed by atoms with Crippen LogP contribution in [0.4, 0.5) is 8.78 Å². The molecule has 1 aromatic carbocycles. The van der Waals surface area contributed by atoms with E-state index in [0.717, 1.165) is 19.3 Å². The van der Waals surface area contributed by atoms with Gasteiger partial charge in [-0.15, -0.1) is 0 Å². The molecule has 0 aromatic heterocycles. The van der Waals surface area contributed by atoms with Gasteiger partial charge in [0.25, 0.3) is 6.08 Å². The summed E-state index contributed by atoms with van der Waals surface area (Å²) in [7, 11) is -1.89. The van der Waals surface area contributed by atoms with Crippen molar-refractivity contribution in [1.29, 1.82) is 0 Å². The molecule has 0 amide bonds. The molecule has 0 aliphatic carbocycles. The van der Waals surface area contributed by atoms with Crippen LogP contribution in [-0.4, -0.2) is 8.07 Å². The summed E-state index contributed by atoms with van der Waals surface area (Å²) in [5, 5.41) is 1.26. The van der Waals surface area contributed by atoms with Gasteiger partial charge in [-0.05, 0) is 18.0 Å². The summed E-state index contributed by atoms with van der Waals surface area (Å²) in [6.45, 7) is 6.57. The largest absolute Gasteiger partial charge is 0.266 e. The van der Waals surface area contributed by atoms with Gasteiger partial charge >= 0.3 is 0 Å². The van der Waals surface area contributed by atoms with Gasteiger partial charge in [-0.1, -0.05) is 81.2 Å². The Hall–Kier alpha value is -0.963. The van der Waals surface area contributed by atoms with Crippen LogP contribution in [0.3, 0.4) is 0 Å². The van der Waals surface area contributed by atoms with E-state index in [1.54, 1.807) is 0 Å². The average Bonchev–Trinajstić information content (AvgIpc) is 2.42. The highest BCUT2D eigenvalue weighted by Gasteiger charge is 2.32. The van der Waals surface area contributed by atoms with E-state index in [4.69, 9.17) is 0 Å². The molecule has 3 heteroatoms. The maximum Gasteiger partial charge on any atom is 0.266 e. The molecule has 1 aromatic rings. The lowest BCUT2D eigenvalue weighted by Gasteiger charge is -2.31. The van der Waals surface area contributed by atoms with Crippen molar-refractivity contribution >= 4 is 13.3 Å². The SMILES string of the molecule is CCCCCCC(C=C(F)F)[Si](C)(C)c1ccccc1. The number of halogens is 2. The number of allylic oxidation sites excluding steroid dienone is 1. The Morgan fingerprint density at radius 1 is 1.10 bits per heavy atom. The zero-order valence-electron chi connectivity index (χ0n) is 12.8. The molecule has 0 N–H and O–H groups in total. The number of hydrogen-bond acceptors (Lipinski definition) is 0. The quantitative estimate of drug-likeness (QED) is 0.425. The Labute approximate surface area is 122 Å². The average molecular weight is 296 g/mol. The first-order valence-corrected chi connectivity index (χ1v) is 10.6. The summed E-state index contributed by atoms with van der Waals surface area (Å²) in [5.74, 6) is 0. The molecule has 112 valence electrons. The summed E-state index contributed by atoms with van der Waals surface area (Å²) in [4.78, 5) is 0. The van der Waals surface area contributed by atoms with Gasteiger partial charge in [0.2, 0.25) is 0 Å². The predicted octanol–water partition coefficient (Wildman–Crippen LogP) is 5.72. The number of hydrogen-bond donors (Lipinski definition) is 0. The second-order valence-electron chi connectivity index (χ2n) is 6.00. The highest BCUT2D eigenvalue weighted by molar-refractivity contribution is 6.91. The molecule has 0 radical (unpaired) electrons. The van der Waals surface area contributed by atoms with E-state index >= 15 is 0 Å². The molecule has 0 saturated heterocycles. The highest BCUT2D eigenvalue weighted by Crippen LogP contribution is 2.31. The first kappa shape index (κ1) is 17.1. The Kier molecular flexibility index (Phi) is 7.14. The Morgan fingerprint density at radius 2 is 1.75 bits per heavy atom. The second-order valence-corrected chi connectivity index (χ2v) is 10.8. The molecule has 20 heavy (non-hydrogen) atoms. The van der Waals surface area contributed by atoms with Crippen molar-refractivity contribution in [3.63, 3.8) is 0 Å². The van der Waals surface area contributed by atoms with Crippen LogP contribution >= 0.6 is 0 Å². The van der Waals surface area contributed by atoms with Gasteiger partial charge in [-0.25, -0.2) is 0 Å². The van der Waals surface area contributed by atoms with E-state index in [9.17, 15) is 8.78 Å². The fraction of sp³-hybridized carbons (Fsp3) is 0.529. The first-order valence-electron chi connectivity index (χ1n) is 7.56. The minimum absolute atomic E-state index is 0.0201. The number of benzene rings is 1. The van der Waals surface area contributed by atoms with Crippen LogP contribution in [0.1, 0.15) is 39.0 Å². The normalized spacial score (nSPS) is 13.1. The minimum atomic E-state index is -1.89. The second kappa shape index (κ2) is 8.35. The summed E-state index contributed by atoms with van der Waals surface area (Å²) in [5.41, 5.74) is 0.0201. The van der Waals surface area contributed by atoms with Gasteiger partial charge < -0.3 is 0 Å². The summed E-state index contributed by atoms with van der Waals surface area (Å²) >= 11 is 0. The third-order valence-electron chi connectivity index (χ3n) is 4.14. The van der Waals surface area contributed by atoms with Crippen LogP contribution in [0.5, 0.6) is 0 Å². The monoisotopic (exact) mass is 296 g/mol. The topological polar surface area (TPSA) is 0 Å². The molecule has 1 unspecified atom stereocenters. The van der Waals surface area contributed by atoms with Gasteiger partial charge in [-0.2, -0.15) is 8.78 Å². The number of rotatable bonds is 8. The van der Waals surface area contributed by atoms with Gasteiger partial charge in [0.15, 0.2) is 0 Å². The van der Waals surface area contributed by atoms with Crippen LogP contribution in [-0.2, 0) is 0 Å². The van der Waals surface area contributed by atoms with E-state index < -0.39 is 14.2 Å². The molecule has 0 fully saturated rings. The fourth-order valence-electron chi connectivity index (χ4n) is 2.68. The van der Waals surface area contributed by atoms with Gasteiger partial charge in [0.1, 0.15) is 0 Å². The van der Waals surface area contributed by atoms with E-state index in [-0.39, 0.29) is 5.54 Å². The lowest BCUT2D eigenvalue weighted by molar-refractivity contribution is 0.416. The van der Waals surface area contributed by atoms with Crippen LogP contribution < -0.4 is 5.19 Å². The lowest BCUT2D eigenvalue weighted by Crippen LogP contribution is -2.45. The lowest BCUT2D eigenvalue weighted by atomic mass is 10.1. The van der Waals surface area contributed by atoms with E-state index in [1.165, 1.54) is 24.1 Å². The maximum atomic E-state index is 12.8. The molecule has 1 atom stereocenters. The molecule has 0 spiro atoms. The van der Waals surface area contributed by atoms with Crippen molar-refractivity contribution in [2.24, 2.45) is 0 Å². The molecular formula is C17H26F2Si. The Bertz CT molecular complexity index is 408. The molecule has 0 aliphatic heterocycles. The van der Waals surface area contributed by atoms with Gasteiger partial charge in [0.05, 0.1) is 8.07 Å². The predicted molar refractivity (Wildman–Crippen MR) is 86.4 cm³/mol. The highest BCUT2D eigenvalue weighted by atomic mass is 28.3. The van der Waals surface area contributed by atoms with Crippen molar-refractivity contribution in [2.75, 3.05) is 0 Å². The molecule has 0 nitrogen and oxygen atoms in total. The zero-order valence-corrected chi connectivity index (χ0v) is 13.8. The van der Waals surface area contributed by atoms with E-state index in [1.807, 2.05) is 18.2 Å². The molecule has 0 saturated carbocycles. The van der Waals surface area contributed by atoms with Crippen molar-refractivity contribution in [1.82, 2.24) is 0 Å². The summed E-state index contributed by atoms with van der Waals surface area (Å²) in [6, 6.07) is 10.2. The standard InChI is InChI=1S/C17H26F2Si/c1-4-5-6-8-13-16(14-17(18)19)20(2,3)15-11-9-7-10-12-15/h7,9-12,14,16H,4-6,8,13H2,1-3H3. The van der Waals surface area contributed by atoms with Crippen LogP contribution in [0.25, 0.3) is 0 Å². The van der Waals surface area contributed by atoms with Crippen molar-refractivity contribution in [2.45, 2.75) is 57.7 Å². The molecular weight excluding hydrogens is 270 g/mol. The van der Waals surface area contributed by atoms with Gasteiger partial charge in [0, 0.05) is 0 Å². The molecule has 0 heterocycles. The van der Waals surface area contributed by atoms with Crippen LogP contribution in [0.15, 0.2) is 42.5 Å². The molecule has 0 aliphatic rings. The van der Waals surface area contributed by atoms with Crippen molar-refractivity contribution < 1.29 is 8.78 Å². The van der Waals surface area contributed by atoms with Crippen molar-refractivity contribution in [3.05, 3.63) is 42.5 Å². The summed E-state index contributed by atoms with van der Waals surface area (Å²) in [6.07, 6.45) is 5.14.